The number of allylic oxidation sites excluding steroid dienone is 2. The van der Waals surface area contributed by atoms with Crippen LogP contribution in [0.2, 0.25) is 0 Å². The summed E-state index contributed by atoms with van der Waals surface area (Å²) in [6.07, 6.45) is 5.31. The summed E-state index contributed by atoms with van der Waals surface area (Å²) in [6, 6.07) is -0.383. The SMILES string of the molecule is C/C=C/C=N[C@H](C(=O)OCC)C(C)C. The average Bonchev–Trinajstić information content (AvgIpc) is 2.12. The maximum Gasteiger partial charge on any atom is 0.331 e. The van der Waals surface area contributed by atoms with Gasteiger partial charge >= 0.3 is 5.97 Å². The Kier molecular flexibility index (Phi) is 6.72. The van der Waals surface area contributed by atoms with Gasteiger partial charge in [-0.2, -0.15) is 0 Å². The summed E-state index contributed by atoms with van der Waals surface area (Å²) in [4.78, 5) is 15.6. The molecule has 0 bridgehead atoms. The fourth-order valence-corrected chi connectivity index (χ4v) is 0.961. The molecule has 1 atom stereocenters. The van der Waals surface area contributed by atoms with Crippen LogP contribution in [0.1, 0.15) is 27.7 Å². The molecule has 0 radical (unpaired) electrons. The van der Waals surface area contributed by atoms with Gasteiger partial charge in [0.2, 0.25) is 0 Å². The van der Waals surface area contributed by atoms with E-state index in [1.807, 2.05) is 26.8 Å². The Balaban J connectivity index is 4.36. The molecule has 0 aromatic rings. The number of aliphatic imine (C=N–C) groups is 1. The zero-order valence-electron chi connectivity index (χ0n) is 9.36. The smallest absolute Gasteiger partial charge is 0.331 e. The van der Waals surface area contributed by atoms with Crippen molar-refractivity contribution >= 4 is 12.2 Å². The lowest BCUT2D eigenvalue weighted by atomic mass is 10.1. The van der Waals surface area contributed by atoms with Gasteiger partial charge in [-0.1, -0.05) is 19.9 Å². The van der Waals surface area contributed by atoms with Crippen LogP contribution in [-0.4, -0.2) is 24.8 Å². The van der Waals surface area contributed by atoms with Crippen LogP contribution in [0.25, 0.3) is 0 Å². The van der Waals surface area contributed by atoms with Crippen LogP contribution in [0.3, 0.4) is 0 Å². The molecule has 0 aliphatic carbocycles. The number of carbonyl (C=O) groups is 1. The molecule has 3 heteroatoms. The molecule has 80 valence electrons. The highest BCUT2D eigenvalue weighted by Crippen LogP contribution is 2.07. The lowest BCUT2D eigenvalue weighted by Gasteiger charge is -2.13. The molecular formula is C11H19NO2. The van der Waals surface area contributed by atoms with Crippen LogP contribution in [0, 0.1) is 5.92 Å². The quantitative estimate of drug-likeness (QED) is 0.500. The highest BCUT2D eigenvalue weighted by molar-refractivity contribution is 5.80. The first kappa shape index (κ1) is 12.9. The zero-order valence-corrected chi connectivity index (χ0v) is 9.36. The van der Waals surface area contributed by atoms with Crippen molar-refractivity contribution in [3.63, 3.8) is 0 Å². The molecule has 0 N–H and O–H groups in total. The van der Waals surface area contributed by atoms with E-state index >= 15 is 0 Å². The molecule has 0 spiro atoms. The summed E-state index contributed by atoms with van der Waals surface area (Å²) >= 11 is 0. The largest absolute Gasteiger partial charge is 0.464 e. The Morgan fingerprint density at radius 3 is 2.57 bits per heavy atom. The van der Waals surface area contributed by atoms with Gasteiger partial charge in [0.25, 0.3) is 0 Å². The van der Waals surface area contributed by atoms with Gasteiger partial charge in [-0.25, -0.2) is 4.79 Å². The Labute approximate surface area is 85.9 Å². The molecule has 0 saturated carbocycles. The zero-order chi connectivity index (χ0) is 11.0. The summed E-state index contributed by atoms with van der Waals surface area (Å²) in [5.74, 6) is -0.0844. The highest BCUT2D eigenvalue weighted by Gasteiger charge is 2.21. The van der Waals surface area contributed by atoms with Crippen LogP contribution < -0.4 is 0 Å². The molecule has 3 nitrogen and oxygen atoms in total. The van der Waals surface area contributed by atoms with Crippen LogP contribution >= 0.6 is 0 Å². The van der Waals surface area contributed by atoms with Gasteiger partial charge in [-0.05, 0) is 25.8 Å². The van der Waals surface area contributed by atoms with Gasteiger partial charge in [-0.15, -0.1) is 0 Å². The van der Waals surface area contributed by atoms with E-state index < -0.39 is 0 Å². The molecule has 0 amide bonds. The maximum absolute atomic E-state index is 11.4. The minimum absolute atomic E-state index is 0.163. The van der Waals surface area contributed by atoms with Gasteiger partial charge in [0, 0.05) is 6.21 Å². The van der Waals surface area contributed by atoms with Gasteiger partial charge in [-0.3, -0.25) is 4.99 Å². The second-order valence-electron chi connectivity index (χ2n) is 3.26. The third-order valence-electron chi connectivity index (χ3n) is 1.68. The van der Waals surface area contributed by atoms with E-state index in [9.17, 15) is 4.79 Å². The number of hydrogen-bond donors (Lipinski definition) is 0. The van der Waals surface area contributed by atoms with Gasteiger partial charge in [0.1, 0.15) is 6.04 Å². The second kappa shape index (κ2) is 7.30. The predicted molar refractivity (Wildman–Crippen MR) is 58.6 cm³/mol. The number of hydrogen-bond acceptors (Lipinski definition) is 3. The Hall–Kier alpha value is -1.12. The summed E-state index contributed by atoms with van der Waals surface area (Å²) in [7, 11) is 0. The van der Waals surface area contributed by atoms with Crippen molar-refractivity contribution in [2.75, 3.05) is 6.61 Å². The predicted octanol–water partition coefficient (Wildman–Crippen LogP) is 2.22. The van der Waals surface area contributed by atoms with Crippen molar-refractivity contribution in [2.24, 2.45) is 10.9 Å². The minimum atomic E-state index is -0.383. The first-order valence-corrected chi connectivity index (χ1v) is 4.94. The first-order chi connectivity index (χ1) is 6.63. The second-order valence-corrected chi connectivity index (χ2v) is 3.26. The summed E-state index contributed by atoms with van der Waals surface area (Å²) in [5, 5.41) is 0. The van der Waals surface area contributed by atoms with Crippen molar-refractivity contribution < 1.29 is 9.53 Å². The fourth-order valence-electron chi connectivity index (χ4n) is 0.961. The normalized spacial score (nSPS) is 14.1. The molecule has 0 aromatic heterocycles. The van der Waals surface area contributed by atoms with Crippen LogP contribution in [-0.2, 0) is 9.53 Å². The fraction of sp³-hybridized carbons (Fsp3) is 0.636. The lowest BCUT2D eigenvalue weighted by Crippen LogP contribution is -2.26. The Bertz CT molecular complexity index is 219. The van der Waals surface area contributed by atoms with E-state index in [4.69, 9.17) is 4.74 Å². The molecule has 0 unspecified atom stereocenters. The maximum atomic E-state index is 11.4. The molecule has 0 saturated heterocycles. The van der Waals surface area contributed by atoms with Crippen molar-refractivity contribution in [2.45, 2.75) is 33.7 Å². The first-order valence-electron chi connectivity index (χ1n) is 4.94. The molecule has 0 fully saturated rings. The molecule has 0 aliphatic rings. The Morgan fingerprint density at radius 1 is 1.50 bits per heavy atom. The molecule has 0 aromatic carbocycles. The van der Waals surface area contributed by atoms with E-state index in [-0.39, 0.29) is 17.9 Å². The molecule has 0 aliphatic heterocycles. The van der Waals surface area contributed by atoms with E-state index in [2.05, 4.69) is 4.99 Å². The number of esters is 1. The van der Waals surface area contributed by atoms with E-state index in [0.29, 0.717) is 6.61 Å². The molecular weight excluding hydrogens is 178 g/mol. The topological polar surface area (TPSA) is 38.7 Å². The molecule has 0 heterocycles. The third kappa shape index (κ3) is 4.80. The van der Waals surface area contributed by atoms with Gasteiger partial charge < -0.3 is 4.74 Å². The summed E-state index contributed by atoms with van der Waals surface area (Å²) in [5.41, 5.74) is 0. The highest BCUT2D eigenvalue weighted by atomic mass is 16.5. The van der Waals surface area contributed by atoms with Crippen molar-refractivity contribution in [1.82, 2.24) is 0 Å². The van der Waals surface area contributed by atoms with Crippen LogP contribution in [0.4, 0.5) is 0 Å². The molecule has 14 heavy (non-hydrogen) atoms. The van der Waals surface area contributed by atoms with Gasteiger partial charge in [0.05, 0.1) is 6.61 Å². The lowest BCUT2D eigenvalue weighted by molar-refractivity contribution is -0.145. The summed E-state index contributed by atoms with van der Waals surface area (Å²) in [6.45, 7) is 8.01. The average molecular weight is 197 g/mol. The van der Waals surface area contributed by atoms with Gasteiger partial charge in [0.15, 0.2) is 0 Å². The third-order valence-corrected chi connectivity index (χ3v) is 1.68. The Morgan fingerprint density at radius 2 is 2.14 bits per heavy atom. The van der Waals surface area contributed by atoms with E-state index in [0.717, 1.165) is 0 Å². The number of ether oxygens (including phenoxy) is 1. The van der Waals surface area contributed by atoms with E-state index in [1.165, 1.54) is 0 Å². The number of rotatable bonds is 5. The standard InChI is InChI=1S/C11H19NO2/c1-5-7-8-12-10(9(3)4)11(13)14-6-2/h5,7-10H,6H2,1-4H3/b7-5+,12-8?/t10-/m0/s1. The number of nitrogens with zero attached hydrogens (tertiary/aromatic N) is 1. The summed E-state index contributed by atoms with van der Waals surface area (Å²) < 4.78 is 4.92. The van der Waals surface area contributed by atoms with Crippen LogP contribution in [0.15, 0.2) is 17.1 Å². The van der Waals surface area contributed by atoms with Crippen LogP contribution in [0.5, 0.6) is 0 Å². The van der Waals surface area contributed by atoms with Crippen molar-refractivity contribution in [3.05, 3.63) is 12.2 Å². The number of carbonyl (C=O) groups excluding carboxylic acids is 1. The van der Waals surface area contributed by atoms with Crippen molar-refractivity contribution in [1.29, 1.82) is 0 Å². The molecule has 0 rings (SSSR count). The van der Waals surface area contributed by atoms with Crippen molar-refractivity contribution in [3.8, 4) is 0 Å². The van der Waals surface area contributed by atoms with E-state index in [1.54, 1.807) is 19.2 Å². The minimum Gasteiger partial charge on any atom is -0.464 e. The monoisotopic (exact) mass is 197 g/mol.